The molecule has 0 unspecified atom stereocenters. The second-order valence-corrected chi connectivity index (χ2v) is 9.58. The van der Waals surface area contributed by atoms with Crippen molar-refractivity contribution < 1.29 is 0 Å². The Balaban J connectivity index is 1.10. The molecule has 4 aromatic rings. The predicted octanol–water partition coefficient (Wildman–Crippen LogP) is 3.87. The number of H-pyrrole nitrogens is 1. The van der Waals surface area contributed by atoms with Crippen molar-refractivity contribution >= 4 is 11.6 Å². The first-order valence-corrected chi connectivity index (χ1v) is 12.9. The highest BCUT2D eigenvalue weighted by atomic mass is 15.3. The third-order valence-electron chi connectivity index (χ3n) is 7.19. The molecule has 2 saturated heterocycles. The van der Waals surface area contributed by atoms with Gasteiger partial charge < -0.3 is 20.1 Å². The SMILES string of the molecule is c1ccc(CN2CCN(c3ccc(-c4cc(-c5ccc(N6CCNCC6)[nH]5)ccn4)cn3)CC2)cc1. The number of benzene rings is 1. The minimum Gasteiger partial charge on any atom is -0.356 e. The maximum atomic E-state index is 4.80. The van der Waals surface area contributed by atoms with Gasteiger partial charge in [0.25, 0.3) is 0 Å². The number of nitrogens with zero attached hydrogens (tertiary/aromatic N) is 5. The van der Waals surface area contributed by atoms with Gasteiger partial charge >= 0.3 is 0 Å². The van der Waals surface area contributed by atoms with Crippen LogP contribution in [-0.2, 0) is 6.54 Å². The van der Waals surface area contributed by atoms with E-state index in [1.165, 1.54) is 11.4 Å². The van der Waals surface area contributed by atoms with E-state index in [0.717, 1.165) is 87.2 Å². The Bertz CT molecular complexity index is 1250. The molecule has 2 N–H and O–H groups in total. The molecule has 1 aromatic carbocycles. The minimum atomic E-state index is 0.942. The van der Waals surface area contributed by atoms with E-state index in [1.807, 2.05) is 12.4 Å². The highest BCUT2D eigenvalue weighted by molar-refractivity contribution is 5.70. The van der Waals surface area contributed by atoms with Crippen molar-refractivity contribution in [2.45, 2.75) is 6.54 Å². The van der Waals surface area contributed by atoms with E-state index in [0.29, 0.717) is 0 Å². The molecule has 5 heterocycles. The summed E-state index contributed by atoms with van der Waals surface area (Å²) < 4.78 is 0. The van der Waals surface area contributed by atoms with Gasteiger partial charge in [-0.1, -0.05) is 30.3 Å². The van der Waals surface area contributed by atoms with Crippen LogP contribution in [0.5, 0.6) is 0 Å². The van der Waals surface area contributed by atoms with Gasteiger partial charge in [-0.15, -0.1) is 0 Å². The summed E-state index contributed by atoms with van der Waals surface area (Å²) >= 11 is 0. The van der Waals surface area contributed by atoms with Gasteiger partial charge in [-0.25, -0.2) is 4.98 Å². The van der Waals surface area contributed by atoms with Gasteiger partial charge in [-0.05, 0) is 42.0 Å². The molecule has 0 aliphatic carbocycles. The number of nitrogens with one attached hydrogen (secondary N) is 2. The number of piperazine rings is 2. The largest absolute Gasteiger partial charge is 0.356 e. The topological polar surface area (TPSA) is 63.3 Å². The molecule has 0 saturated carbocycles. The zero-order valence-corrected chi connectivity index (χ0v) is 20.6. The molecule has 2 aliphatic heterocycles. The second-order valence-electron chi connectivity index (χ2n) is 9.58. The van der Waals surface area contributed by atoms with Crippen LogP contribution >= 0.6 is 0 Å². The smallest absolute Gasteiger partial charge is 0.128 e. The van der Waals surface area contributed by atoms with Crippen LogP contribution in [0, 0.1) is 0 Å². The Labute approximate surface area is 212 Å². The number of hydrogen-bond donors (Lipinski definition) is 2. The zero-order chi connectivity index (χ0) is 24.2. The van der Waals surface area contributed by atoms with Gasteiger partial charge in [0.2, 0.25) is 0 Å². The van der Waals surface area contributed by atoms with Gasteiger partial charge in [0.15, 0.2) is 0 Å². The Morgan fingerprint density at radius 3 is 2.33 bits per heavy atom. The molecule has 7 heteroatoms. The number of hydrogen-bond acceptors (Lipinski definition) is 6. The molecule has 0 radical (unpaired) electrons. The number of rotatable bonds is 6. The standard InChI is InChI=1S/C29H33N7/c1-2-4-23(5-3-1)22-34-16-18-36(19-17-34)28-8-6-25(21-32-28)27-20-24(10-11-31-27)26-7-9-29(33-26)35-14-12-30-13-15-35/h1-11,20-21,30,33H,12-19,22H2. The summed E-state index contributed by atoms with van der Waals surface area (Å²) in [6, 6.07) is 23.5. The van der Waals surface area contributed by atoms with E-state index in [9.17, 15) is 0 Å². The lowest BCUT2D eigenvalue weighted by Gasteiger charge is -2.35. The maximum absolute atomic E-state index is 4.80. The van der Waals surface area contributed by atoms with Crippen molar-refractivity contribution in [1.82, 2.24) is 25.2 Å². The predicted molar refractivity (Wildman–Crippen MR) is 146 cm³/mol. The zero-order valence-electron chi connectivity index (χ0n) is 20.6. The minimum absolute atomic E-state index is 0.942. The Morgan fingerprint density at radius 2 is 1.56 bits per heavy atom. The molecule has 0 amide bonds. The fourth-order valence-corrected chi connectivity index (χ4v) is 5.10. The Morgan fingerprint density at radius 1 is 0.722 bits per heavy atom. The van der Waals surface area contributed by atoms with Crippen LogP contribution in [0.15, 0.2) is 79.1 Å². The van der Waals surface area contributed by atoms with Crippen LogP contribution in [-0.4, -0.2) is 72.2 Å². The molecule has 0 bridgehead atoms. The number of pyridine rings is 2. The molecular formula is C29H33N7. The van der Waals surface area contributed by atoms with E-state index >= 15 is 0 Å². The third kappa shape index (κ3) is 5.12. The summed E-state index contributed by atoms with van der Waals surface area (Å²) in [5, 5.41) is 3.41. The Kier molecular flexibility index (Phi) is 6.65. The normalized spacial score (nSPS) is 16.9. The van der Waals surface area contributed by atoms with Gasteiger partial charge in [-0.3, -0.25) is 9.88 Å². The summed E-state index contributed by atoms with van der Waals surface area (Å²) in [4.78, 5) is 20.3. The van der Waals surface area contributed by atoms with Crippen molar-refractivity contribution in [2.75, 3.05) is 62.2 Å². The van der Waals surface area contributed by atoms with Crippen molar-refractivity contribution in [3.63, 3.8) is 0 Å². The first-order chi connectivity index (χ1) is 17.8. The monoisotopic (exact) mass is 479 g/mol. The molecule has 6 rings (SSSR count). The number of aromatic amines is 1. The lowest BCUT2D eigenvalue weighted by Crippen LogP contribution is -2.46. The summed E-state index contributed by atoms with van der Waals surface area (Å²) in [5.74, 6) is 2.22. The molecule has 36 heavy (non-hydrogen) atoms. The van der Waals surface area contributed by atoms with Gasteiger partial charge in [-0.2, -0.15) is 0 Å². The van der Waals surface area contributed by atoms with Crippen LogP contribution in [0.1, 0.15) is 5.56 Å². The molecule has 3 aromatic heterocycles. The highest BCUT2D eigenvalue weighted by Gasteiger charge is 2.18. The summed E-state index contributed by atoms with van der Waals surface area (Å²) in [7, 11) is 0. The van der Waals surface area contributed by atoms with Crippen LogP contribution in [0.2, 0.25) is 0 Å². The van der Waals surface area contributed by atoms with Crippen LogP contribution in [0.3, 0.4) is 0 Å². The molecule has 0 atom stereocenters. The van der Waals surface area contributed by atoms with Crippen molar-refractivity contribution in [1.29, 1.82) is 0 Å². The summed E-state index contributed by atoms with van der Waals surface area (Å²) in [5.41, 5.74) is 5.61. The number of aromatic nitrogens is 3. The maximum Gasteiger partial charge on any atom is 0.128 e. The highest BCUT2D eigenvalue weighted by Crippen LogP contribution is 2.27. The van der Waals surface area contributed by atoms with Gasteiger partial charge in [0.05, 0.1) is 5.69 Å². The average Bonchev–Trinajstić information content (AvgIpc) is 3.46. The fourth-order valence-electron chi connectivity index (χ4n) is 5.10. The lowest BCUT2D eigenvalue weighted by molar-refractivity contribution is 0.249. The first kappa shape index (κ1) is 22.8. The molecule has 7 nitrogen and oxygen atoms in total. The molecule has 2 aliphatic rings. The van der Waals surface area contributed by atoms with Crippen molar-refractivity contribution in [2.24, 2.45) is 0 Å². The first-order valence-electron chi connectivity index (χ1n) is 12.9. The lowest BCUT2D eigenvalue weighted by atomic mass is 10.1. The van der Waals surface area contributed by atoms with Crippen molar-refractivity contribution in [3.05, 3.63) is 84.7 Å². The second kappa shape index (κ2) is 10.5. The molecule has 2 fully saturated rings. The van der Waals surface area contributed by atoms with E-state index in [2.05, 4.69) is 96.7 Å². The van der Waals surface area contributed by atoms with Gasteiger partial charge in [0.1, 0.15) is 11.6 Å². The quantitative estimate of drug-likeness (QED) is 0.438. The van der Waals surface area contributed by atoms with Crippen molar-refractivity contribution in [3.8, 4) is 22.5 Å². The number of anilines is 2. The van der Waals surface area contributed by atoms with E-state index in [4.69, 9.17) is 4.98 Å². The van der Waals surface area contributed by atoms with Crippen LogP contribution in [0.25, 0.3) is 22.5 Å². The Hall–Kier alpha value is -3.68. The van der Waals surface area contributed by atoms with Crippen LogP contribution in [0.4, 0.5) is 11.6 Å². The van der Waals surface area contributed by atoms with Crippen LogP contribution < -0.4 is 15.1 Å². The van der Waals surface area contributed by atoms with E-state index < -0.39 is 0 Å². The van der Waals surface area contributed by atoms with E-state index in [1.54, 1.807) is 0 Å². The molecule has 0 spiro atoms. The third-order valence-corrected chi connectivity index (χ3v) is 7.19. The molecule has 184 valence electrons. The van der Waals surface area contributed by atoms with Gasteiger partial charge in [0, 0.05) is 88.1 Å². The summed E-state index contributed by atoms with van der Waals surface area (Å²) in [6.07, 6.45) is 3.84. The molecular weight excluding hydrogens is 446 g/mol. The average molecular weight is 480 g/mol. The van der Waals surface area contributed by atoms with E-state index in [-0.39, 0.29) is 0 Å². The fraction of sp³-hybridized carbons (Fsp3) is 0.310. The summed E-state index contributed by atoms with van der Waals surface area (Å²) in [6.45, 7) is 9.22.